The van der Waals surface area contributed by atoms with E-state index in [1.54, 1.807) is 43.6 Å². The van der Waals surface area contributed by atoms with Gasteiger partial charge in [-0.05, 0) is 18.2 Å². The number of ether oxygens (including phenoxy) is 4. The Labute approximate surface area is 145 Å². The Balaban J connectivity index is 1.72. The maximum atomic E-state index is 12.5. The molecule has 0 radical (unpaired) electrons. The molecule has 3 rings (SSSR count). The lowest BCUT2D eigenvalue weighted by Gasteiger charge is -2.13. The Morgan fingerprint density at radius 3 is 2.84 bits per heavy atom. The van der Waals surface area contributed by atoms with Crippen molar-refractivity contribution < 1.29 is 23.7 Å². The summed E-state index contributed by atoms with van der Waals surface area (Å²) in [6.07, 6.45) is 2.35. The zero-order valence-corrected chi connectivity index (χ0v) is 14.2. The number of rotatable bonds is 6. The van der Waals surface area contributed by atoms with Gasteiger partial charge in [-0.1, -0.05) is 0 Å². The average molecular weight is 344 g/mol. The second-order valence-corrected chi connectivity index (χ2v) is 5.51. The molecule has 0 bridgehead atoms. The molecular formula is C18H20N2O5. The van der Waals surface area contributed by atoms with E-state index in [1.807, 2.05) is 0 Å². The number of amides is 1. The molecule has 1 N–H and O–H groups in total. The van der Waals surface area contributed by atoms with Gasteiger partial charge in [0.25, 0.3) is 5.91 Å². The Morgan fingerprint density at radius 2 is 2.12 bits per heavy atom. The van der Waals surface area contributed by atoms with Crippen LogP contribution in [0.15, 0.2) is 36.5 Å². The minimum atomic E-state index is -0.279. The fraction of sp³-hybridized carbons (Fsp3) is 0.333. The number of nitrogens with zero attached hydrogens (tertiary/aromatic N) is 1. The summed E-state index contributed by atoms with van der Waals surface area (Å²) in [5.74, 6) is 1.29. The predicted octanol–water partition coefficient (Wildman–Crippen LogP) is 2.52. The molecule has 1 amide bonds. The lowest BCUT2D eigenvalue weighted by molar-refractivity contribution is 0.102. The summed E-state index contributed by atoms with van der Waals surface area (Å²) in [7, 11) is 3.10. The third kappa shape index (κ3) is 4.19. The standard InChI is InChI=1S/C18H20N2O5/c1-22-13-3-4-15(16(10-13)23-2)20-18(21)12-5-7-19-17(9-12)25-14-6-8-24-11-14/h3-5,7,9-10,14H,6,8,11H2,1-2H3,(H,20,21). The van der Waals surface area contributed by atoms with Crippen molar-refractivity contribution in [2.24, 2.45) is 0 Å². The largest absolute Gasteiger partial charge is 0.497 e. The lowest BCUT2D eigenvalue weighted by Crippen LogP contribution is -2.17. The highest BCUT2D eigenvalue weighted by Crippen LogP contribution is 2.29. The van der Waals surface area contributed by atoms with Gasteiger partial charge in [-0.25, -0.2) is 4.98 Å². The third-order valence-electron chi connectivity index (χ3n) is 3.83. The number of benzene rings is 1. The van der Waals surface area contributed by atoms with Gasteiger partial charge in [0, 0.05) is 30.3 Å². The van der Waals surface area contributed by atoms with Crippen LogP contribution < -0.4 is 19.5 Å². The zero-order chi connectivity index (χ0) is 17.6. The van der Waals surface area contributed by atoms with Gasteiger partial charge in [0.05, 0.1) is 33.1 Å². The predicted molar refractivity (Wildman–Crippen MR) is 91.6 cm³/mol. The molecule has 132 valence electrons. The molecule has 25 heavy (non-hydrogen) atoms. The summed E-state index contributed by atoms with van der Waals surface area (Å²) in [4.78, 5) is 16.7. The highest BCUT2D eigenvalue weighted by atomic mass is 16.5. The second-order valence-electron chi connectivity index (χ2n) is 5.51. The van der Waals surface area contributed by atoms with E-state index in [1.165, 1.54) is 7.11 Å². The van der Waals surface area contributed by atoms with E-state index < -0.39 is 0 Å². The molecule has 0 spiro atoms. The van der Waals surface area contributed by atoms with Crippen molar-refractivity contribution in [1.29, 1.82) is 0 Å². The Hall–Kier alpha value is -2.80. The van der Waals surface area contributed by atoms with Gasteiger partial charge in [-0.2, -0.15) is 0 Å². The van der Waals surface area contributed by atoms with Crippen LogP contribution in [0.5, 0.6) is 17.4 Å². The number of carbonyl (C=O) groups is 1. The van der Waals surface area contributed by atoms with Gasteiger partial charge in [-0.15, -0.1) is 0 Å². The van der Waals surface area contributed by atoms with E-state index >= 15 is 0 Å². The molecule has 1 fully saturated rings. The van der Waals surface area contributed by atoms with E-state index in [-0.39, 0.29) is 12.0 Å². The van der Waals surface area contributed by atoms with E-state index in [0.717, 1.165) is 6.42 Å². The first-order valence-corrected chi connectivity index (χ1v) is 7.93. The highest BCUT2D eigenvalue weighted by molar-refractivity contribution is 6.05. The lowest BCUT2D eigenvalue weighted by atomic mass is 10.2. The SMILES string of the molecule is COc1ccc(NC(=O)c2ccnc(OC3CCOC3)c2)c(OC)c1. The summed E-state index contributed by atoms with van der Waals surface area (Å²) in [5.41, 5.74) is 0.999. The van der Waals surface area contributed by atoms with Gasteiger partial charge in [0.15, 0.2) is 0 Å². The summed E-state index contributed by atoms with van der Waals surface area (Å²) in [5, 5.41) is 2.82. The first kappa shape index (κ1) is 17.0. The molecule has 2 heterocycles. The second kappa shape index (κ2) is 7.85. The quantitative estimate of drug-likeness (QED) is 0.867. The minimum absolute atomic E-state index is 0.0208. The maximum absolute atomic E-state index is 12.5. The fourth-order valence-electron chi connectivity index (χ4n) is 2.49. The van der Waals surface area contributed by atoms with Crippen molar-refractivity contribution in [3.63, 3.8) is 0 Å². The van der Waals surface area contributed by atoms with Gasteiger partial charge in [0.1, 0.15) is 17.6 Å². The molecule has 0 aliphatic carbocycles. The van der Waals surface area contributed by atoms with E-state index in [9.17, 15) is 4.79 Å². The van der Waals surface area contributed by atoms with E-state index in [2.05, 4.69) is 10.3 Å². The molecule has 7 nitrogen and oxygen atoms in total. The van der Waals surface area contributed by atoms with Crippen LogP contribution in [0.3, 0.4) is 0 Å². The van der Waals surface area contributed by atoms with Crippen LogP contribution in [-0.2, 0) is 4.74 Å². The Kier molecular flexibility index (Phi) is 5.35. The molecule has 1 saturated heterocycles. The Bertz CT molecular complexity index is 744. The highest BCUT2D eigenvalue weighted by Gasteiger charge is 2.18. The normalized spacial score (nSPS) is 16.3. The molecule has 1 aliphatic rings. The third-order valence-corrected chi connectivity index (χ3v) is 3.83. The molecular weight excluding hydrogens is 324 g/mol. The summed E-state index contributed by atoms with van der Waals surface area (Å²) < 4.78 is 21.5. The number of methoxy groups -OCH3 is 2. The number of carbonyl (C=O) groups excluding carboxylic acids is 1. The molecule has 2 aromatic rings. The molecule has 1 aromatic heterocycles. The topological polar surface area (TPSA) is 78.9 Å². The molecule has 1 aliphatic heterocycles. The van der Waals surface area contributed by atoms with Crippen LogP contribution in [0.2, 0.25) is 0 Å². The smallest absolute Gasteiger partial charge is 0.256 e. The number of aromatic nitrogens is 1. The fourth-order valence-corrected chi connectivity index (χ4v) is 2.49. The van der Waals surface area contributed by atoms with E-state index in [0.29, 0.717) is 41.8 Å². The minimum Gasteiger partial charge on any atom is -0.497 e. The molecule has 1 atom stereocenters. The van der Waals surface area contributed by atoms with Gasteiger partial charge in [0.2, 0.25) is 5.88 Å². The van der Waals surface area contributed by atoms with Gasteiger partial charge < -0.3 is 24.3 Å². The van der Waals surface area contributed by atoms with Crippen LogP contribution in [0.1, 0.15) is 16.8 Å². The maximum Gasteiger partial charge on any atom is 0.256 e. The first-order valence-electron chi connectivity index (χ1n) is 7.93. The van der Waals surface area contributed by atoms with Crippen molar-refractivity contribution in [2.75, 3.05) is 32.8 Å². The Morgan fingerprint density at radius 1 is 1.24 bits per heavy atom. The number of hydrogen-bond donors (Lipinski definition) is 1. The van der Waals surface area contributed by atoms with Crippen molar-refractivity contribution >= 4 is 11.6 Å². The van der Waals surface area contributed by atoms with Crippen molar-refractivity contribution in [3.05, 3.63) is 42.1 Å². The van der Waals surface area contributed by atoms with E-state index in [4.69, 9.17) is 18.9 Å². The number of anilines is 1. The van der Waals surface area contributed by atoms with Crippen molar-refractivity contribution in [3.8, 4) is 17.4 Å². The van der Waals surface area contributed by atoms with Gasteiger partial charge >= 0.3 is 0 Å². The average Bonchev–Trinajstić information content (AvgIpc) is 3.15. The van der Waals surface area contributed by atoms with Crippen LogP contribution in [0.4, 0.5) is 5.69 Å². The summed E-state index contributed by atoms with van der Waals surface area (Å²) in [6, 6.07) is 8.42. The van der Waals surface area contributed by atoms with Crippen LogP contribution in [-0.4, -0.2) is 44.4 Å². The number of hydrogen-bond acceptors (Lipinski definition) is 6. The zero-order valence-electron chi connectivity index (χ0n) is 14.2. The summed E-state index contributed by atoms with van der Waals surface area (Å²) in [6.45, 7) is 1.23. The molecule has 7 heteroatoms. The first-order chi connectivity index (χ1) is 12.2. The monoisotopic (exact) mass is 344 g/mol. The summed E-state index contributed by atoms with van der Waals surface area (Å²) >= 11 is 0. The van der Waals surface area contributed by atoms with Crippen molar-refractivity contribution in [1.82, 2.24) is 4.98 Å². The van der Waals surface area contributed by atoms with Crippen molar-refractivity contribution in [2.45, 2.75) is 12.5 Å². The molecule has 1 aromatic carbocycles. The van der Waals surface area contributed by atoms with Crippen LogP contribution in [0, 0.1) is 0 Å². The molecule has 1 unspecified atom stereocenters. The van der Waals surface area contributed by atoms with Gasteiger partial charge in [-0.3, -0.25) is 4.79 Å². The number of pyridine rings is 1. The van der Waals surface area contributed by atoms with Crippen LogP contribution >= 0.6 is 0 Å². The van der Waals surface area contributed by atoms with Crippen LogP contribution in [0.25, 0.3) is 0 Å². The number of nitrogens with one attached hydrogen (secondary N) is 1. The molecule has 0 saturated carbocycles.